The zero-order valence-electron chi connectivity index (χ0n) is 14.4. The third-order valence-electron chi connectivity index (χ3n) is 3.97. The van der Waals surface area contributed by atoms with Crippen LogP contribution in [0.15, 0.2) is 65.1 Å². The van der Waals surface area contributed by atoms with Crippen LogP contribution in [0.25, 0.3) is 11.3 Å². The summed E-state index contributed by atoms with van der Waals surface area (Å²) >= 11 is 0. The number of benzene rings is 2. The third kappa shape index (κ3) is 4.51. The lowest BCUT2D eigenvalue weighted by molar-refractivity contribution is -0.116. The zero-order chi connectivity index (χ0) is 17.6. The fourth-order valence-electron chi connectivity index (χ4n) is 2.52. The minimum Gasteiger partial charge on any atom is -0.497 e. The molecule has 1 heterocycles. The fourth-order valence-corrected chi connectivity index (χ4v) is 2.52. The summed E-state index contributed by atoms with van der Waals surface area (Å²) in [6, 6.07) is 19.3. The van der Waals surface area contributed by atoms with Crippen LogP contribution in [0, 0.1) is 6.92 Å². The molecule has 0 saturated heterocycles. The van der Waals surface area contributed by atoms with Gasteiger partial charge in [-0.05, 0) is 43.3 Å². The van der Waals surface area contributed by atoms with E-state index in [2.05, 4.69) is 24.4 Å². The molecular weight excluding hydrogens is 314 g/mol. The van der Waals surface area contributed by atoms with Gasteiger partial charge >= 0.3 is 0 Å². The highest BCUT2D eigenvalue weighted by molar-refractivity contribution is 5.90. The lowest BCUT2D eigenvalue weighted by atomic mass is 10.1. The molecule has 0 unspecified atom stereocenters. The minimum absolute atomic E-state index is 0.0431. The first-order valence-electron chi connectivity index (χ1n) is 8.24. The van der Waals surface area contributed by atoms with Gasteiger partial charge in [0.25, 0.3) is 0 Å². The van der Waals surface area contributed by atoms with E-state index in [1.165, 1.54) is 5.56 Å². The van der Waals surface area contributed by atoms with Crippen LogP contribution in [-0.2, 0) is 11.2 Å². The van der Waals surface area contributed by atoms with E-state index in [1.54, 1.807) is 7.11 Å². The average Bonchev–Trinajstić information content (AvgIpc) is 3.10. The van der Waals surface area contributed by atoms with Gasteiger partial charge < -0.3 is 14.5 Å². The summed E-state index contributed by atoms with van der Waals surface area (Å²) in [6.07, 6.45) is 0.931. The number of carbonyl (C=O) groups is 1. The monoisotopic (exact) mass is 335 g/mol. The van der Waals surface area contributed by atoms with Gasteiger partial charge in [0.1, 0.15) is 17.3 Å². The predicted molar refractivity (Wildman–Crippen MR) is 98.8 cm³/mol. The van der Waals surface area contributed by atoms with Crippen LogP contribution >= 0.6 is 0 Å². The largest absolute Gasteiger partial charge is 0.497 e. The second kappa shape index (κ2) is 7.71. The van der Waals surface area contributed by atoms with E-state index >= 15 is 0 Å². The Labute approximate surface area is 147 Å². The van der Waals surface area contributed by atoms with Crippen molar-refractivity contribution in [2.45, 2.75) is 19.8 Å². The average molecular weight is 335 g/mol. The van der Waals surface area contributed by atoms with Crippen molar-refractivity contribution >= 4 is 11.6 Å². The lowest BCUT2D eigenvalue weighted by Crippen LogP contribution is -2.12. The quantitative estimate of drug-likeness (QED) is 0.701. The Morgan fingerprint density at radius 1 is 1.00 bits per heavy atom. The summed E-state index contributed by atoms with van der Waals surface area (Å²) in [5, 5.41) is 2.87. The van der Waals surface area contributed by atoms with Gasteiger partial charge in [0.05, 0.1) is 7.11 Å². The summed E-state index contributed by atoms with van der Waals surface area (Å²) < 4.78 is 10.9. The van der Waals surface area contributed by atoms with Gasteiger partial charge in [-0.1, -0.05) is 29.8 Å². The highest BCUT2D eigenvalue weighted by Crippen LogP contribution is 2.23. The number of hydrogen-bond acceptors (Lipinski definition) is 3. The molecule has 3 rings (SSSR count). The number of carbonyl (C=O) groups excluding carboxylic acids is 1. The van der Waals surface area contributed by atoms with E-state index in [0.29, 0.717) is 12.8 Å². The predicted octanol–water partition coefficient (Wildman–Crippen LogP) is 4.83. The molecule has 1 amide bonds. The molecule has 2 aromatic carbocycles. The van der Waals surface area contributed by atoms with Crippen LogP contribution in [0.3, 0.4) is 0 Å². The molecule has 0 aliphatic rings. The molecule has 0 aliphatic heterocycles. The summed E-state index contributed by atoms with van der Waals surface area (Å²) in [6.45, 7) is 2.05. The Hall–Kier alpha value is -3.01. The van der Waals surface area contributed by atoms with E-state index in [9.17, 15) is 4.79 Å². The summed E-state index contributed by atoms with van der Waals surface area (Å²) in [4.78, 5) is 12.1. The van der Waals surface area contributed by atoms with Crippen molar-refractivity contribution in [3.05, 3.63) is 72.0 Å². The first kappa shape index (κ1) is 16.8. The van der Waals surface area contributed by atoms with Crippen LogP contribution in [0.5, 0.6) is 5.75 Å². The molecular formula is C21H21NO3. The summed E-state index contributed by atoms with van der Waals surface area (Å²) in [5.74, 6) is 2.35. The molecule has 1 N–H and O–H groups in total. The molecule has 128 valence electrons. The number of ether oxygens (including phenoxy) is 1. The van der Waals surface area contributed by atoms with Crippen molar-refractivity contribution in [2.75, 3.05) is 12.4 Å². The Morgan fingerprint density at radius 2 is 1.72 bits per heavy atom. The SMILES string of the molecule is COc1ccc(NC(=O)CCc2ccc(-c3ccc(C)cc3)o2)cc1. The lowest BCUT2D eigenvalue weighted by Gasteiger charge is -2.05. The molecule has 0 fully saturated rings. The minimum atomic E-state index is -0.0431. The molecule has 0 saturated carbocycles. The van der Waals surface area contributed by atoms with Gasteiger partial charge in [0, 0.05) is 24.1 Å². The topological polar surface area (TPSA) is 51.5 Å². The van der Waals surface area contributed by atoms with Crippen LogP contribution in [-0.4, -0.2) is 13.0 Å². The Kier molecular flexibility index (Phi) is 5.19. The van der Waals surface area contributed by atoms with E-state index in [-0.39, 0.29) is 5.91 Å². The number of aryl methyl sites for hydroxylation is 2. The van der Waals surface area contributed by atoms with Crippen LogP contribution in [0.4, 0.5) is 5.69 Å². The molecule has 0 spiro atoms. The molecule has 0 bridgehead atoms. The van der Waals surface area contributed by atoms with Gasteiger partial charge in [-0.2, -0.15) is 0 Å². The van der Waals surface area contributed by atoms with E-state index in [4.69, 9.17) is 9.15 Å². The number of amides is 1. The number of rotatable bonds is 6. The number of anilines is 1. The maximum Gasteiger partial charge on any atom is 0.224 e. The molecule has 1 aromatic heterocycles. The van der Waals surface area contributed by atoms with Gasteiger partial charge in [-0.3, -0.25) is 4.79 Å². The van der Waals surface area contributed by atoms with Crippen molar-refractivity contribution in [3.8, 4) is 17.1 Å². The summed E-state index contributed by atoms with van der Waals surface area (Å²) in [5.41, 5.74) is 3.01. The molecule has 0 radical (unpaired) electrons. The van der Waals surface area contributed by atoms with Crippen LogP contribution in [0.1, 0.15) is 17.7 Å². The Balaban J connectivity index is 1.54. The molecule has 25 heavy (non-hydrogen) atoms. The van der Waals surface area contributed by atoms with Crippen LogP contribution < -0.4 is 10.1 Å². The van der Waals surface area contributed by atoms with Crippen molar-refractivity contribution in [1.82, 2.24) is 0 Å². The molecule has 0 aliphatic carbocycles. The maximum atomic E-state index is 12.1. The van der Waals surface area contributed by atoms with Gasteiger partial charge in [0.15, 0.2) is 0 Å². The van der Waals surface area contributed by atoms with Crippen LogP contribution in [0.2, 0.25) is 0 Å². The second-order valence-corrected chi connectivity index (χ2v) is 5.91. The maximum absolute atomic E-state index is 12.1. The summed E-state index contributed by atoms with van der Waals surface area (Å²) in [7, 11) is 1.61. The standard InChI is InChI=1S/C21H21NO3/c1-15-3-5-16(6-4-15)20-13-11-19(25-20)12-14-21(23)22-17-7-9-18(24-2)10-8-17/h3-11,13H,12,14H2,1-2H3,(H,22,23). The normalized spacial score (nSPS) is 10.5. The van der Waals surface area contributed by atoms with Crippen molar-refractivity contribution in [3.63, 3.8) is 0 Å². The number of hydrogen-bond donors (Lipinski definition) is 1. The highest BCUT2D eigenvalue weighted by atomic mass is 16.5. The second-order valence-electron chi connectivity index (χ2n) is 5.91. The third-order valence-corrected chi connectivity index (χ3v) is 3.97. The van der Waals surface area contributed by atoms with E-state index in [1.807, 2.05) is 48.5 Å². The Morgan fingerprint density at radius 3 is 2.40 bits per heavy atom. The molecule has 4 nitrogen and oxygen atoms in total. The highest BCUT2D eigenvalue weighted by Gasteiger charge is 2.08. The van der Waals surface area contributed by atoms with Gasteiger partial charge in [-0.25, -0.2) is 0 Å². The van der Waals surface area contributed by atoms with E-state index < -0.39 is 0 Å². The molecule has 4 heteroatoms. The molecule has 3 aromatic rings. The first-order chi connectivity index (χ1) is 12.1. The smallest absolute Gasteiger partial charge is 0.224 e. The van der Waals surface area contributed by atoms with E-state index in [0.717, 1.165) is 28.5 Å². The number of methoxy groups -OCH3 is 1. The van der Waals surface area contributed by atoms with Crippen molar-refractivity contribution in [1.29, 1.82) is 0 Å². The van der Waals surface area contributed by atoms with Crippen molar-refractivity contribution < 1.29 is 13.9 Å². The molecule has 0 atom stereocenters. The fraction of sp³-hybridized carbons (Fsp3) is 0.190. The number of nitrogens with one attached hydrogen (secondary N) is 1. The van der Waals surface area contributed by atoms with Gasteiger partial charge in [0.2, 0.25) is 5.91 Å². The zero-order valence-corrected chi connectivity index (χ0v) is 14.4. The van der Waals surface area contributed by atoms with Crippen molar-refractivity contribution in [2.24, 2.45) is 0 Å². The first-order valence-corrected chi connectivity index (χ1v) is 8.24. The number of furan rings is 1. The van der Waals surface area contributed by atoms with Gasteiger partial charge in [-0.15, -0.1) is 0 Å². The Bertz CT molecular complexity index is 832.